The molecule has 0 unspecified atom stereocenters. The molecule has 12 rings (SSSR count). The zero-order valence-corrected chi connectivity index (χ0v) is 34.3. The van der Waals surface area contributed by atoms with Gasteiger partial charge in [-0.25, -0.2) is 19.9 Å². The molecule has 0 N–H and O–H groups in total. The van der Waals surface area contributed by atoms with E-state index in [0.717, 1.165) is 83.1 Å². The monoisotopic (exact) mass is 824 g/mol. The van der Waals surface area contributed by atoms with Crippen molar-refractivity contribution in [1.82, 2.24) is 29.1 Å². The molecule has 0 bridgehead atoms. The normalized spacial score (nSPS) is 11.4. The molecule has 0 atom stereocenters. The van der Waals surface area contributed by atoms with Crippen molar-refractivity contribution >= 4 is 43.6 Å². The largest absolute Gasteiger partial charge is 0.457 e. The fourth-order valence-electron chi connectivity index (χ4n) is 8.70. The van der Waals surface area contributed by atoms with E-state index in [2.05, 4.69) is 140 Å². The summed E-state index contributed by atoms with van der Waals surface area (Å²) in [6, 6.07) is 65.8. The fourth-order valence-corrected chi connectivity index (χ4v) is 8.70. The number of para-hydroxylation sites is 2. The Morgan fingerprint density at radius 2 is 0.750 bits per heavy atom. The Kier molecular flexibility index (Phi) is 8.97. The summed E-state index contributed by atoms with van der Waals surface area (Å²) < 4.78 is 17.9. The number of aromatic nitrogens is 6. The van der Waals surface area contributed by atoms with E-state index in [0.29, 0.717) is 28.8 Å². The Morgan fingerprint density at radius 1 is 0.297 bits per heavy atom. The fraction of sp³-hybridized carbons (Fsp3) is 0. The first-order valence-electron chi connectivity index (χ1n) is 21.1. The van der Waals surface area contributed by atoms with Gasteiger partial charge in [0.1, 0.15) is 34.6 Å². The number of hydrogen-bond donors (Lipinski definition) is 0. The van der Waals surface area contributed by atoms with Crippen molar-refractivity contribution in [2.45, 2.75) is 0 Å². The number of ether oxygens (including phenoxy) is 2. The summed E-state index contributed by atoms with van der Waals surface area (Å²) >= 11 is 0. The minimum Gasteiger partial charge on any atom is -0.457 e. The van der Waals surface area contributed by atoms with E-state index in [4.69, 9.17) is 19.4 Å². The first-order chi connectivity index (χ1) is 31.7. The van der Waals surface area contributed by atoms with E-state index in [9.17, 15) is 0 Å². The SMILES string of the molecule is c1ccc(-c2ccc(-n3c4ccccc4c4ccc(Oc5cc(Oc6ccc7c8ccccc8n(-c8ccc(-c9ccccc9)cn8)c7c6)cc(-c6ncccn6)c5)cc43)nc2)cc1. The van der Waals surface area contributed by atoms with Crippen LogP contribution in [0.5, 0.6) is 23.0 Å². The zero-order valence-electron chi connectivity index (χ0n) is 34.3. The lowest BCUT2D eigenvalue weighted by Gasteiger charge is -2.13. The van der Waals surface area contributed by atoms with E-state index < -0.39 is 0 Å². The van der Waals surface area contributed by atoms with Crippen LogP contribution in [0.25, 0.3) is 88.9 Å². The molecule has 0 aliphatic carbocycles. The highest BCUT2D eigenvalue weighted by Gasteiger charge is 2.18. The predicted octanol–water partition coefficient (Wildman–Crippen LogP) is 14.0. The maximum atomic E-state index is 6.74. The van der Waals surface area contributed by atoms with E-state index in [1.165, 1.54) is 0 Å². The van der Waals surface area contributed by atoms with Crippen LogP contribution in [0.3, 0.4) is 0 Å². The molecule has 8 heteroatoms. The van der Waals surface area contributed by atoms with Crippen LogP contribution in [0.1, 0.15) is 0 Å². The second-order valence-electron chi connectivity index (χ2n) is 15.6. The van der Waals surface area contributed by atoms with Crippen LogP contribution in [-0.4, -0.2) is 29.1 Å². The summed E-state index contributed by atoms with van der Waals surface area (Å²) in [5.41, 5.74) is 9.19. The minimum absolute atomic E-state index is 0.555. The smallest absolute Gasteiger partial charge is 0.159 e. The van der Waals surface area contributed by atoms with Crippen LogP contribution >= 0.6 is 0 Å². The molecular formula is C56H36N6O2. The second kappa shape index (κ2) is 15.5. The van der Waals surface area contributed by atoms with Gasteiger partial charge < -0.3 is 9.47 Å². The zero-order chi connectivity index (χ0) is 42.4. The van der Waals surface area contributed by atoms with E-state index in [-0.39, 0.29) is 0 Å². The van der Waals surface area contributed by atoms with Crippen LogP contribution in [0.2, 0.25) is 0 Å². The third-order valence-electron chi connectivity index (χ3n) is 11.6. The van der Waals surface area contributed by atoms with Crippen molar-refractivity contribution in [2.75, 3.05) is 0 Å². The van der Waals surface area contributed by atoms with Gasteiger partial charge in [-0.15, -0.1) is 0 Å². The van der Waals surface area contributed by atoms with Crippen molar-refractivity contribution in [3.8, 4) is 68.3 Å². The van der Waals surface area contributed by atoms with Gasteiger partial charge in [0.25, 0.3) is 0 Å². The second-order valence-corrected chi connectivity index (χ2v) is 15.6. The van der Waals surface area contributed by atoms with Crippen LogP contribution in [-0.2, 0) is 0 Å². The van der Waals surface area contributed by atoms with E-state index in [1.54, 1.807) is 18.5 Å². The summed E-state index contributed by atoms with van der Waals surface area (Å²) in [7, 11) is 0. The summed E-state index contributed by atoms with van der Waals surface area (Å²) in [6.07, 6.45) is 7.33. The number of pyridine rings is 2. The molecule has 0 aliphatic heterocycles. The molecule has 5 aromatic heterocycles. The molecule has 0 fully saturated rings. The molecule has 64 heavy (non-hydrogen) atoms. The van der Waals surface area contributed by atoms with Gasteiger partial charge in [-0.1, -0.05) is 97.1 Å². The van der Waals surface area contributed by atoms with Crippen molar-refractivity contribution < 1.29 is 9.47 Å². The highest BCUT2D eigenvalue weighted by atomic mass is 16.5. The standard InChI is InChI=1S/C56H36N6O2/c1-3-12-37(13-4-1)39-20-26-54(59-35-39)61-50-18-9-7-16-46(50)48-24-22-42(33-52(48)61)63-44-30-41(56-57-28-11-29-58-56)31-45(32-44)64-43-23-25-49-47-17-8-10-19-51(47)62(53(49)34-43)55-27-21-40(36-60-55)38-14-5-2-6-15-38/h1-36H. The quantitative estimate of drug-likeness (QED) is 0.144. The minimum atomic E-state index is 0.555. The van der Waals surface area contributed by atoms with Gasteiger partial charge in [0.2, 0.25) is 0 Å². The third-order valence-corrected chi connectivity index (χ3v) is 11.6. The molecule has 0 radical (unpaired) electrons. The highest BCUT2D eigenvalue weighted by Crippen LogP contribution is 2.39. The summed E-state index contributed by atoms with van der Waals surface area (Å²) in [5.74, 6) is 4.66. The maximum absolute atomic E-state index is 6.74. The first kappa shape index (κ1) is 36.9. The molecule has 0 spiro atoms. The molecule has 302 valence electrons. The molecule has 12 aromatic rings. The molecule has 0 aliphatic rings. The van der Waals surface area contributed by atoms with E-state index >= 15 is 0 Å². The maximum Gasteiger partial charge on any atom is 0.159 e. The molecule has 5 heterocycles. The van der Waals surface area contributed by atoms with Crippen LogP contribution in [0.15, 0.2) is 219 Å². The molecule has 8 nitrogen and oxygen atoms in total. The van der Waals surface area contributed by atoms with Gasteiger partial charge in [-0.3, -0.25) is 9.13 Å². The van der Waals surface area contributed by atoms with Crippen molar-refractivity contribution in [1.29, 1.82) is 0 Å². The van der Waals surface area contributed by atoms with Crippen molar-refractivity contribution in [2.24, 2.45) is 0 Å². The number of nitrogens with zero attached hydrogens (tertiary/aromatic N) is 6. The molecule has 0 amide bonds. The molecule has 0 saturated carbocycles. The predicted molar refractivity (Wildman–Crippen MR) is 256 cm³/mol. The number of hydrogen-bond acceptors (Lipinski definition) is 6. The Bertz CT molecular complexity index is 3420. The summed E-state index contributed by atoms with van der Waals surface area (Å²) in [4.78, 5) is 19.1. The number of benzene rings is 7. The average Bonchev–Trinajstić information content (AvgIpc) is 3.87. The lowest BCUT2D eigenvalue weighted by Crippen LogP contribution is -1.98. The average molecular weight is 825 g/mol. The Hall–Kier alpha value is -8.88. The van der Waals surface area contributed by atoms with Crippen LogP contribution in [0.4, 0.5) is 0 Å². The van der Waals surface area contributed by atoms with Gasteiger partial charge in [0.15, 0.2) is 5.82 Å². The van der Waals surface area contributed by atoms with E-state index in [1.807, 2.05) is 79.1 Å². The lowest BCUT2D eigenvalue weighted by molar-refractivity contribution is 0.461. The topological polar surface area (TPSA) is 79.9 Å². The first-order valence-corrected chi connectivity index (χ1v) is 21.1. The Morgan fingerprint density at radius 3 is 1.22 bits per heavy atom. The van der Waals surface area contributed by atoms with Gasteiger partial charge in [-0.05, 0) is 90.0 Å². The van der Waals surface area contributed by atoms with Crippen LogP contribution in [0, 0.1) is 0 Å². The van der Waals surface area contributed by atoms with Crippen molar-refractivity contribution in [3.05, 3.63) is 219 Å². The van der Waals surface area contributed by atoms with Crippen molar-refractivity contribution in [3.63, 3.8) is 0 Å². The highest BCUT2D eigenvalue weighted by molar-refractivity contribution is 6.10. The molecule has 0 saturated heterocycles. The molecular weight excluding hydrogens is 789 g/mol. The summed E-state index contributed by atoms with van der Waals surface area (Å²) in [5, 5.41) is 4.46. The van der Waals surface area contributed by atoms with Gasteiger partial charge in [0.05, 0.1) is 22.1 Å². The summed E-state index contributed by atoms with van der Waals surface area (Å²) in [6.45, 7) is 0. The number of fused-ring (bicyclic) bond motifs is 6. The Labute approximate surface area is 368 Å². The lowest BCUT2D eigenvalue weighted by atomic mass is 10.1. The third kappa shape index (κ3) is 6.67. The number of rotatable bonds is 9. The Balaban J connectivity index is 0.921. The van der Waals surface area contributed by atoms with Gasteiger partial charge >= 0.3 is 0 Å². The van der Waals surface area contributed by atoms with Crippen LogP contribution < -0.4 is 9.47 Å². The van der Waals surface area contributed by atoms with Gasteiger partial charge in [0, 0.05) is 81.2 Å². The molecule has 7 aromatic carbocycles. The van der Waals surface area contributed by atoms with Gasteiger partial charge in [-0.2, -0.15) is 0 Å².